The fourth-order valence-corrected chi connectivity index (χ4v) is 4.20. The average molecular weight is 327 g/mol. The minimum atomic E-state index is 0.0604. The van der Waals surface area contributed by atoms with Crippen LogP contribution < -0.4 is 5.32 Å². The first-order valence-electron chi connectivity index (χ1n) is 6.96. The molecule has 1 aromatic carbocycles. The monoisotopic (exact) mass is 327 g/mol. The van der Waals surface area contributed by atoms with Crippen molar-refractivity contribution in [2.45, 2.75) is 19.8 Å². The van der Waals surface area contributed by atoms with Gasteiger partial charge in [0.05, 0.1) is 23.5 Å². The van der Waals surface area contributed by atoms with Crippen molar-refractivity contribution in [1.29, 1.82) is 0 Å². The second-order valence-electron chi connectivity index (χ2n) is 5.28. The first kappa shape index (κ1) is 13.6. The summed E-state index contributed by atoms with van der Waals surface area (Å²) in [7, 11) is 0. The summed E-state index contributed by atoms with van der Waals surface area (Å²) >= 11 is 3.33. The van der Waals surface area contributed by atoms with Gasteiger partial charge in [-0.25, -0.2) is 9.97 Å². The Bertz CT molecular complexity index is 866. The van der Waals surface area contributed by atoms with Crippen LogP contribution in [0.4, 0.5) is 5.69 Å². The number of carbonyl (C=O) groups is 1. The number of thiazole rings is 2. The second-order valence-corrected chi connectivity index (χ2v) is 7.17. The summed E-state index contributed by atoms with van der Waals surface area (Å²) in [6, 6.07) is 6.02. The molecule has 0 saturated carbocycles. The van der Waals surface area contributed by atoms with Crippen LogP contribution in [0, 0.1) is 6.92 Å². The zero-order chi connectivity index (χ0) is 15.1. The summed E-state index contributed by atoms with van der Waals surface area (Å²) in [4.78, 5) is 20.6. The molecule has 6 heteroatoms. The molecule has 4 rings (SSSR count). The van der Waals surface area contributed by atoms with Gasteiger partial charge in [0.2, 0.25) is 5.91 Å². The molecule has 0 atom stereocenters. The van der Waals surface area contributed by atoms with Crippen LogP contribution in [-0.4, -0.2) is 15.9 Å². The molecule has 0 radical (unpaired) electrons. The molecule has 4 nitrogen and oxygen atoms in total. The van der Waals surface area contributed by atoms with E-state index in [0.29, 0.717) is 6.42 Å². The van der Waals surface area contributed by atoms with E-state index in [0.717, 1.165) is 44.6 Å². The summed E-state index contributed by atoms with van der Waals surface area (Å²) < 4.78 is 0. The number of amides is 1. The maximum absolute atomic E-state index is 11.4. The van der Waals surface area contributed by atoms with Crippen LogP contribution in [0.1, 0.15) is 21.3 Å². The maximum Gasteiger partial charge on any atom is 0.228 e. The highest BCUT2D eigenvalue weighted by molar-refractivity contribution is 7.11. The highest BCUT2D eigenvalue weighted by Crippen LogP contribution is 2.30. The summed E-state index contributed by atoms with van der Waals surface area (Å²) in [5, 5.41) is 9.16. The molecular formula is C16H13N3OS2. The smallest absolute Gasteiger partial charge is 0.228 e. The van der Waals surface area contributed by atoms with Gasteiger partial charge in [-0.3, -0.25) is 4.79 Å². The van der Waals surface area contributed by atoms with E-state index in [1.54, 1.807) is 22.7 Å². The topological polar surface area (TPSA) is 54.9 Å². The predicted octanol–water partition coefficient (Wildman–Crippen LogP) is 3.66. The Morgan fingerprint density at radius 1 is 1.18 bits per heavy atom. The minimum absolute atomic E-state index is 0.0604. The van der Waals surface area contributed by atoms with Gasteiger partial charge in [-0.2, -0.15) is 0 Å². The largest absolute Gasteiger partial charge is 0.326 e. The molecule has 3 aromatic rings. The number of hydrogen-bond acceptors (Lipinski definition) is 5. The van der Waals surface area contributed by atoms with Crippen molar-refractivity contribution in [2.24, 2.45) is 0 Å². The third kappa shape index (κ3) is 2.55. The molecule has 1 amide bonds. The number of nitrogens with one attached hydrogen (secondary N) is 1. The average Bonchev–Trinajstić information content (AvgIpc) is 3.18. The van der Waals surface area contributed by atoms with Gasteiger partial charge < -0.3 is 5.32 Å². The lowest BCUT2D eigenvalue weighted by molar-refractivity contribution is -0.115. The number of rotatable bonds is 3. The quantitative estimate of drug-likeness (QED) is 0.799. The first-order valence-corrected chi connectivity index (χ1v) is 8.72. The van der Waals surface area contributed by atoms with E-state index in [2.05, 4.69) is 27.1 Å². The Balaban J connectivity index is 1.59. The molecule has 0 unspecified atom stereocenters. The van der Waals surface area contributed by atoms with E-state index in [4.69, 9.17) is 4.98 Å². The molecule has 2 aromatic heterocycles. The number of carbonyl (C=O) groups excluding carboxylic acids is 1. The third-order valence-electron chi connectivity index (χ3n) is 3.55. The van der Waals surface area contributed by atoms with Gasteiger partial charge in [0.25, 0.3) is 0 Å². The van der Waals surface area contributed by atoms with Crippen molar-refractivity contribution in [3.8, 4) is 11.3 Å². The fourth-order valence-electron chi connectivity index (χ4n) is 2.53. The first-order chi connectivity index (χ1) is 10.7. The highest BCUT2D eigenvalue weighted by atomic mass is 32.1. The maximum atomic E-state index is 11.4. The number of anilines is 1. The molecule has 0 fully saturated rings. The summed E-state index contributed by atoms with van der Waals surface area (Å²) in [6.45, 7) is 2.01. The predicted molar refractivity (Wildman–Crippen MR) is 89.5 cm³/mol. The van der Waals surface area contributed by atoms with E-state index in [-0.39, 0.29) is 5.91 Å². The minimum Gasteiger partial charge on any atom is -0.326 e. The lowest BCUT2D eigenvalue weighted by atomic mass is 10.1. The summed E-state index contributed by atoms with van der Waals surface area (Å²) in [5.41, 5.74) is 5.06. The van der Waals surface area contributed by atoms with Crippen LogP contribution >= 0.6 is 22.7 Å². The van der Waals surface area contributed by atoms with E-state index < -0.39 is 0 Å². The SMILES string of the molecule is Cc1csc(Cc2nc(-c3ccc4c(c3)CC(=O)N4)cs2)n1. The molecule has 3 heterocycles. The molecule has 1 aliphatic heterocycles. The number of aryl methyl sites for hydroxylation is 1. The van der Waals surface area contributed by atoms with Crippen LogP contribution in [0.15, 0.2) is 29.0 Å². The van der Waals surface area contributed by atoms with E-state index >= 15 is 0 Å². The number of benzene rings is 1. The standard InChI is InChI=1S/C16H13N3OS2/c1-9-7-21-15(17-9)6-16-19-13(8-22-16)10-2-3-12-11(4-10)5-14(20)18-12/h2-4,7-8H,5-6H2,1H3,(H,18,20). The van der Waals surface area contributed by atoms with Gasteiger partial charge >= 0.3 is 0 Å². The van der Waals surface area contributed by atoms with Crippen molar-refractivity contribution < 1.29 is 4.79 Å². The summed E-state index contributed by atoms with van der Waals surface area (Å²) in [5.74, 6) is 0.0604. The van der Waals surface area contributed by atoms with Crippen LogP contribution in [0.25, 0.3) is 11.3 Å². The van der Waals surface area contributed by atoms with Crippen LogP contribution in [-0.2, 0) is 17.6 Å². The Morgan fingerprint density at radius 3 is 2.82 bits per heavy atom. The zero-order valence-corrected chi connectivity index (χ0v) is 13.6. The molecule has 0 aliphatic carbocycles. The molecular weight excluding hydrogens is 314 g/mol. The van der Waals surface area contributed by atoms with E-state index in [1.165, 1.54) is 0 Å². The number of fused-ring (bicyclic) bond motifs is 1. The van der Waals surface area contributed by atoms with Crippen LogP contribution in [0.3, 0.4) is 0 Å². The Kier molecular flexibility index (Phi) is 3.28. The summed E-state index contributed by atoms with van der Waals surface area (Å²) in [6.07, 6.45) is 1.24. The van der Waals surface area contributed by atoms with E-state index in [9.17, 15) is 4.79 Å². The van der Waals surface area contributed by atoms with E-state index in [1.807, 2.05) is 19.1 Å². The Labute approximate surface area is 135 Å². The second kappa shape index (κ2) is 5.30. The van der Waals surface area contributed by atoms with Gasteiger partial charge in [0.1, 0.15) is 5.01 Å². The Hall–Kier alpha value is -2.05. The fraction of sp³-hybridized carbons (Fsp3) is 0.188. The van der Waals surface area contributed by atoms with Crippen molar-refractivity contribution in [3.05, 3.63) is 50.2 Å². The molecule has 1 aliphatic rings. The van der Waals surface area contributed by atoms with Crippen molar-refractivity contribution >= 4 is 34.3 Å². The molecule has 0 saturated heterocycles. The zero-order valence-electron chi connectivity index (χ0n) is 11.9. The third-order valence-corrected chi connectivity index (χ3v) is 5.36. The van der Waals surface area contributed by atoms with Crippen LogP contribution in [0.2, 0.25) is 0 Å². The normalized spacial score (nSPS) is 13.2. The van der Waals surface area contributed by atoms with Crippen LogP contribution in [0.5, 0.6) is 0 Å². The Morgan fingerprint density at radius 2 is 2.00 bits per heavy atom. The number of hydrogen-bond donors (Lipinski definition) is 1. The van der Waals surface area contributed by atoms with Gasteiger partial charge in [0.15, 0.2) is 0 Å². The van der Waals surface area contributed by atoms with Gasteiger partial charge in [-0.15, -0.1) is 22.7 Å². The molecule has 1 N–H and O–H groups in total. The lowest BCUT2D eigenvalue weighted by Gasteiger charge is -2.01. The van der Waals surface area contributed by atoms with Gasteiger partial charge in [0, 0.05) is 27.7 Å². The van der Waals surface area contributed by atoms with Gasteiger partial charge in [-0.05, 0) is 24.6 Å². The highest BCUT2D eigenvalue weighted by Gasteiger charge is 2.18. The molecule has 110 valence electrons. The van der Waals surface area contributed by atoms with Crippen molar-refractivity contribution in [3.63, 3.8) is 0 Å². The number of nitrogens with zero attached hydrogens (tertiary/aromatic N) is 2. The number of aromatic nitrogens is 2. The van der Waals surface area contributed by atoms with Crippen molar-refractivity contribution in [1.82, 2.24) is 9.97 Å². The molecule has 22 heavy (non-hydrogen) atoms. The lowest BCUT2D eigenvalue weighted by Crippen LogP contribution is -2.03. The molecule has 0 bridgehead atoms. The van der Waals surface area contributed by atoms with Gasteiger partial charge in [-0.1, -0.05) is 6.07 Å². The van der Waals surface area contributed by atoms with Crippen molar-refractivity contribution in [2.75, 3.05) is 5.32 Å². The molecule has 0 spiro atoms.